The van der Waals surface area contributed by atoms with Gasteiger partial charge in [-0.15, -0.1) is 0 Å². The van der Waals surface area contributed by atoms with E-state index in [1.807, 2.05) is 93.7 Å². The molecule has 2 atom stereocenters. The fourth-order valence-electron chi connectivity index (χ4n) is 4.86. The van der Waals surface area contributed by atoms with E-state index in [4.69, 9.17) is 21.7 Å². The predicted molar refractivity (Wildman–Crippen MR) is 161 cm³/mol. The van der Waals surface area contributed by atoms with E-state index >= 15 is 0 Å². The molecule has 2 aromatic heterocycles. The number of thiocarbonyl (C=S) groups is 1. The second kappa shape index (κ2) is 11.0. The third kappa shape index (κ3) is 5.12. The van der Waals surface area contributed by atoms with Crippen LogP contribution in [0.15, 0.2) is 85.2 Å². The maximum Gasteiger partial charge on any atom is 0.229 e. The molecule has 40 heavy (non-hydrogen) atoms. The molecular formula is C31H33N5O3S. The molecule has 1 saturated heterocycles. The largest absolute Gasteiger partial charge is 0.495 e. The van der Waals surface area contributed by atoms with E-state index in [0.29, 0.717) is 16.5 Å². The van der Waals surface area contributed by atoms with Gasteiger partial charge in [0.25, 0.3) is 0 Å². The number of pyridine rings is 1. The first-order valence-electron chi connectivity index (χ1n) is 13.0. The van der Waals surface area contributed by atoms with Crippen LogP contribution in [0.2, 0.25) is 0 Å². The fourth-order valence-corrected chi connectivity index (χ4v) is 5.21. The summed E-state index contributed by atoms with van der Waals surface area (Å²) in [6, 6.07) is 23.1. The lowest BCUT2D eigenvalue weighted by molar-refractivity contribution is -0.123. The molecular weight excluding hydrogens is 522 g/mol. The summed E-state index contributed by atoms with van der Waals surface area (Å²) in [5, 5.41) is 7.05. The Balaban J connectivity index is 1.62. The molecule has 0 radical (unpaired) electrons. The van der Waals surface area contributed by atoms with E-state index < -0.39 is 5.41 Å². The van der Waals surface area contributed by atoms with Gasteiger partial charge >= 0.3 is 0 Å². The number of methoxy groups -OCH3 is 2. The Kier molecular flexibility index (Phi) is 7.49. The molecule has 2 aromatic carbocycles. The van der Waals surface area contributed by atoms with Crippen LogP contribution in [0.25, 0.3) is 5.69 Å². The van der Waals surface area contributed by atoms with Crippen LogP contribution in [0.4, 0.5) is 11.4 Å². The Hall–Kier alpha value is -4.37. The van der Waals surface area contributed by atoms with Gasteiger partial charge in [0, 0.05) is 35.3 Å². The SMILES string of the molecule is COc1cc(N2C(=S)N[C@@H](c3ccccn3)[C@H]2c2cccn2-c2ccccc2OC)ccc1NC(=O)C(C)(C)C. The zero-order valence-electron chi connectivity index (χ0n) is 23.2. The minimum atomic E-state index is -0.547. The summed E-state index contributed by atoms with van der Waals surface area (Å²) in [6.45, 7) is 5.62. The van der Waals surface area contributed by atoms with Crippen molar-refractivity contribution in [3.63, 3.8) is 0 Å². The van der Waals surface area contributed by atoms with E-state index in [-0.39, 0.29) is 18.0 Å². The molecule has 0 spiro atoms. The molecule has 0 aliphatic carbocycles. The van der Waals surface area contributed by atoms with Crippen LogP contribution in [-0.4, -0.2) is 34.8 Å². The first-order valence-corrected chi connectivity index (χ1v) is 13.4. The second-order valence-corrected chi connectivity index (χ2v) is 10.9. The maximum atomic E-state index is 12.7. The number of rotatable bonds is 7. The van der Waals surface area contributed by atoms with Crippen molar-refractivity contribution in [1.29, 1.82) is 0 Å². The van der Waals surface area contributed by atoms with Gasteiger partial charge in [0.15, 0.2) is 5.11 Å². The highest BCUT2D eigenvalue weighted by atomic mass is 32.1. The number of aromatic nitrogens is 2. The summed E-state index contributed by atoms with van der Waals surface area (Å²) in [7, 11) is 3.26. The van der Waals surface area contributed by atoms with Crippen molar-refractivity contribution in [2.75, 3.05) is 24.4 Å². The molecule has 206 valence electrons. The van der Waals surface area contributed by atoms with Crippen LogP contribution >= 0.6 is 12.2 Å². The normalized spacial score (nSPS) is 16.9. The summed E-state index contributed by atoms with van der Waals surface area (Å²) in [5.74, 6) is 1.20. The van der Waals surface area contributed by atoms with Crippen LogP contribution in [0.5, 0.6) is 11.5 Å². The first kappa shape index (κ1) is 27.2. The standard InChI is InChI=1S/C31H33N5O3S/c1-31(2,3)29(37)33-21-16-15-20(19-26(21)39-5)36-28(27(34-30(36)40)22-11-8-9-17-32-22)24-13-10-18-35(24)23-12-6-7-14-25(23)38-4/h6-19,27-28H,1-5H3,(H,33,37)(H,34,40)/t27-,28+/m0/s1. The number of benzene rings is 2. The number of para-hydroxylation sites is 2. The van der Waals surface area contributed by atoms with Crippen LogP contribution in [0, 0.1) is 5.41 Å². The van der Waals surface area contributed by atoms with Crippen molar-refractivity contribution < 1.29 is 14.3 Å². The van der Waals surface area contributed by atoms with E-state index in [2.05, 4.69) is 31.2 Å². The highest BCUT2D eigenvalue weighted by molar-refractivity contribution is 7.80. The number of amides is 1. The molecule has 4 aromatic rings. The molecule has 3 heterocycles. The third-order valence-electron chi connectivity index (χ3n) is 6.92. The average molecular weight is 556 g/mol. The second-order valence-electron chi connectivity index (χ2n) is 10.6. The number of nitrogens with zero attached hydrogens (tertiary/aromatic N) is 3. The van der Waals surface area contributed by atoms with E-state index in [1.54, 1.807) is 20.4 Å². The van der Waals surface area contributed by atoms with E-state index in [1.165, 1.54) is 0 Å². The molecule has 1 aliphatic rings. The Labute approximate surface area is 239 Å². The zero-order valence-corrected chi connectivity index (χ0v) is 24.0. The average Bonchev–Trinajstić information content (AvgIpc) is 3.57. The van der Waals surface area contributed by atoms with Gasteiger partial charge in [-0.05, 0) is 60.7 Å². The smallest absolute Gasteiger partial charge is 0.229 e. The zero-order chi connectivity index (χ0) is 28.4. The topological polar surface area (TPSA) is 80.7 Å². The minimum absolute atomic E-state index is 0.0976. The van der Waals surface area contributed by atoms with Crippen molar-refractivity contribution in [3.05, 3.63) is 96.6 Å². The molecule has 9 heteroatoms. The Morgan fingerprint density at radius 3 is 2.42 bits per heavy atom. The van der Waals surface area contributed by atoms with Crippen molar-refractivity contribution >= 4 is 34.6 Å². The number of ether oxygens (including phenoxy) is 2. The predicted octanol–water partition coefficient (Wildman–Crippen LogP) is 6.05. The molecule has 2 N–H and O–H groups in total. The number of nitrogens with one attached hydrogen (secondary N) is 2. The lowest BCUT2D eigenvalue weighted by atomic mass is 9.95. The van der Waals surface area contributed by atoms with Gasteiger partial charge in [-0.1, -0.05) is 39.0 Å². The van der Waals surface area contributed by atoms with Crippen LogP contribution in [0.3, 0.4) is 0 Å². The molecule has 5 rings (SSSR count). The number of hydrogen-bond donors (Lipinski definition) is 2. The molecule has 8 nitrogen and oxygen atoms in total. The van der Waals surface area contributed by atoms with Gasteiger partial charge in [-0.25, -0.2) is 0 Å². The summed E-state index contributed by atoms with van der Waals surface area (Å²) in [4.78, 5) is 19.4. The molecule has 1 amide bonds. The first-order chi connectivity index (χ1) is 19.2. The van der Waals surface area contributed by atoms with Gasteiger partial charge in [0.05, 0.1) is 37.3 Å². The molecule has 0 saturated carbocycles. The number of anilines is 2. The van der Waals surface area contributed by atoms with Crippen molar-refractivity contribution in [1.82, 2.24) is 14.9 Å². The highest BCUT2D eigenvalue weighted by Crippen LogP contribution is 2.44. The summed E-state index contributed by atoms with van der Waals surface area (Å²) in [5.41, 5.74) is 3.65. The molecule has 1 fully saturated rings. The number of carbonyl (C=O) groups is 1. The van der Waals surface area contributed by atoms with E-state index in [0.717, 1.165) is 28.5 Å². The van der Waals surface area contributed by atoms with Crippen LogP contribution in [-0.2, 0) is 4.79 Å². The summed E-state index contributed by atoms with van der Waals surface area (Å²) in [6.07, 6.45) is 3.81. The van der Waals surface area contributed by atoms with Gasteiger partial charge in [0.2, 0.25) is 5.91 Å². The van der Waals surface area contributed by atoms with Crippen molar-refractivity contribution in [2.45, 2.75) is 32.9 Å². The van der Waals surface area contributed by atoms with Gasteiger partial charge in [0.1, 0.15) is 17.5 Å². The highest BCUT2D eigenvalue weighted by Gasteiger charge is 2.42. The fraction of sp³-hybridized carbons (Fsp3) is 0.258. The number of hydrogen-bond acceptors (Lipinski definition) is 5. The number of carbonyl (C=O) groups excluding carboxylic acids is 1. The van der Waals surface area contributed by atoms with Crippen LogP contribution < -0.4 is 25.0 Å². The third-order valence-corrected chi connectivity index (χ3v) is 7.23. The molecule has 0 bridgehead atoms. The summed E-state index contributed by atoms with van der Waals surface area (Å²) >= 11 is 5.93. The lowest BCUT2D eigenvalue weighted by Crippen LogP contribution is -2.30. The van der Waals surface area contributed by atoms with Gasteiger partial charge < -0.3 is 29.6 Å². The Bertz CT molecular complexity index is 1530. The Morgan fingerprint density at radius 1 is 0.975 bits per heavy atom. The maximum absolute atomic E-state index is 12.7. The lowest BCUT2D eigenvalue weighted by Gasteiger charge is -2.30. The van der Waals surface area contributed by atoms with Crippen LogP contribution in [0.1, 0.15) is 44.2 Å². The van der Waals surface area contributed by atoms with Crippen molar-refractivity contribution in [3.8, 4) is 17.2 Å². The van der Waals surface area contributed by atoms with Gasteiger partial charge in [-0.2, -0.15) is 0 Å². The summed E-state index contributed by atoms with van der Waals surface area (Å²) < 4.78 is 13.5. The minimum Gasteiger partial charge on any atom is -0.495 e. The van der Waals surface area contributed by atoms with Gasteiger partial charge in [-0.3, -0.25) is 9.78 Å². The molecule has 0 unspecified atom stereocenters. The molecule has 1 aliphatic heterocycles. The Morgan fingerprint density at radius 2 is 1.73 bits per heavy atom. The van der Waals surface area contributed by atoms with Crippen molar-refractivity contribution in [2.24, 2.45) is 5.41 Å². The van der Waals surface area contributed by atoms with E-state index in [9.17, 15) is 4.79 Å². The quantitative estimate of drug-likeness (QED) is 0.269. The monoisotopic (exact) mass is 555 g/mol.